The van der Waals surface area contributed by atoms with Gasteiger partial charge < -0.3 is 4.74 Å². The zero-order valence-electron chi connectivity index (χ0n) is 7.34. The van der Waals surface area contributed by atoms with E-state index in [1.54, 1.807) is 0 Å². The number of halogens is 1. The first-order chi connectivity index (χ1) is 6.48. The molecule has 1 aromatic carbocycles. The van der Waals surface area contributed by atoms with Crippen LogP contribution >= 0.6 is 11.8 Å². The van der Waals surface area contributed by atoms with Crippen LogP contribution in [-0.4, -0.2) is 19.5 Å². The van der Waals surface area contributed by atoms with Crippen molar-refractivity contribution in [2.24, 2.45) is 5.84 Å². The topological polar surface area (TPSA) is 72.6 Å². The summed E-state index contributed by atoms with van der Waals surface area (Å²) >= 11 is 5.17. The number of ether oxygens (including phenoxy) is 1. The quantitative estimate of drug-likeness (QED) is 0.477. The van der Waals surface area contributed by atoms with Crippen LogP contribution in [0, 0.1) is 0 Å². The lowest BCUT2D eigenvalue weighted by Crippen LogP contribution is -2.28. The van der Waals surface area contributed by atoms with E-state index in [0.717, 1.165) is 0 Å². The second kappa shape index (κ2) is 4.14. The minimum Gasteiger partial charge on any atom is -0.497 e. The van der Waals surface area contributed by atoms with Crippen LogP contribution in [0.4, 0.5) is 0 Å². The molecule has 1 rings (SSSR count). The van der Waals surface area contributed by atoms with Crippen LogP contribution in [0.15, 0.2) is 29.2 Å². The van der Waals surface area contributed by atoms with Crippen molar-refractivity contribution in [3.63, 3.8) is 0 Å². The summed E-state index contributed by atoms with van der Waals surface area (Å²) in [5, 5.41) is 0. The van der Waals surface area contributed by atoms with E-state index in [9.17, 15) is 8.42 Å². The average Bonchev–Trinajstić information content (AvgIpc) is 2.17. The fraction of sp³-hybridized carbons (Fsp3) is 0.143. The predicted molar refractivity (Wildman–Crippen MR) is 52.1 cm³/mol. The molecule has 0 aliphatic rings. The molecule has 5 nitrogen and oxygen atoms in total. The van der Waals surface area contributed by atoms with Gasteiger partial charge in [-0.15, -0.1) is 0 Å². The van der Waals surface area contributed by atoms with Crippen LogP contribution in [-0.2, 0) is 10.0 Å². The molecule has 0 spiro atoms. The zero-order chi connectivity index (χ0) is 10.8. The molecule has 0 aliphatic carbocycles. The highest BCUT2D eigenvalue weighted by molar-refractivity contribution is 7.90. The summed E-state index contributed by atoms with van der Waals surface area (Å²) < 4.78 is 27.7. The Bertz CT molecular complexity index is 401. The highest BCUT2D eigenvalue weighted by Gasteiger charge is 2.19. The highest BCUT2D eigenvalue weighted by atomic mass is 35.5. The molecule has 0 aromatic heterocycles. The molecule has 7 heteroatoms. The van der Waals surface area contributed by atoms with Crippen molar-refractivity contribution < 1.29 is 13.2 Å². The minimum absolute atomic E-state index is 0.0100. The molecule has 14 heavy (non-hydrogen) atoms. The lowest BCUT2D eigenvalue weighted by Gasteiger charge is -2.08. The molecule has 0 radical (unpaired) electrons. The van der Waals surface area contributed by atoms with Crippen LogP contribution < -0.4 is 10.6 Å². The molecule has 78 valence electrons. The third-order valence-electron chi connectivity index (χ3n) is 1.59. The van der Waals surface area contributed by atoms with E-state index in [4.69, 9.17) is 22.4 Å². The number of methoxy groups -OCH3 is 1. The molecule has 0 fully saturated rings. The predicted octanol–water partition coefficient (Wildman–Crippen LogP) is 0.713. The van der Waals surface area contributed by atoms with Gasteiger partial charge in [-0.1, -0.05) is 0 Å². The van der Waals surface area contributed by atoms with Gasteiger partial charge in [0.2, 0.25) is 0 Å². The molecule has 1 aromatic rings. The lowest BCUT2D eigenvalue weighted by molar-refractivity contribution is 0.414. The van der Waals surface area contributed by atoms with Gasteiger partial charge in [0.15, 0.2) is 0 Å². The summed E-state index contributed by atoms with van der Waals surface area (Å²) in [4.78, 5) is 0.0100. The Hall–Kier alpha value is -0.820. The first kappa shape index (κ1) is 11.3. The second-order valence-electron chi connectivity index (χ2n) is 2.42. The van der Waals surface area contributed by atoms with Gasteiger partial charge in [-0.05, 0) is 28.2 Å². The van der Waals surface area contributed by atoms with Gasteiger partial charge in [0.1, 0.15) is 5.75 Å². The van der Waals surface area contributed by atoms with E-state index in [1.807, 2.05) is 0 Å². The first-order valence-electron chi connectivity index (χ1n) is 3.58. The average molecular weight is 237 g/mol. The molecule has 2 N–H and O–H groups in total. The number of hydrogen-bond acceptors (Lipinski definition) is 4. The van der Waals surface area contributed by atoms with Crippen molar-refractivity contribution in [2.45, 2.75) is 4.90 Å². The molecule has 0 bridgehead atoms. The van der Waals surface area contributed by atoms with E-state index in [2.05, 4.69) is 0 Å². The molecule has 0 heterocycles. The molecule has 0 unspecified atom stereocenters. The molecular weight excluding hydrogens is 228 g/mol. The van der Waals surface area contributed by atoms with Crippen molar-refractivity contribution in [3.05, 3.63) is 24.3 Å². The van der Waals surface area contributed by atoms with Crippen molar-refractivity contribution in [2.75, 3.05) is 7.11 Å². The largest absolute Gasteiger partial charge is 0.497 e. The summed E-state index contributed by atoms with van der Waals surface area (Å²) in [6.07, 6.45) is 0. The van der Waals surface area contributed by atoms with E-state index >= 15 is 0 Å². The van der Waals surface area contributed by atoms with E-state index < -0.39 is 10.0 Å². The van der Waals surface area contributed by atoms with Gasteiger partial charge in [0, 0.05) is 11.8 Å². The summed E-state index contributed by atoms with van der Waals surface area (Å²) in [5.41, 5.74) is 0. The van der Waals surface area contributed by atoms with Crippen molar-refractivity contribution in [3.8, 4) is 5.75 Å². The standard InChI is InChI=1S/C7H9ClN2O3S/c1-13-6-2-4-7(5-3-6)14(11,12)10(8)9/h2-5H,9H2,1H3. The summed E-state index contributed by atoms with van der Waals surface area (Å²) in [6, 6.07) is 5.73. The number of benzene rings is 1. The van der Waals surface area contributed by atoms with Crippen molar-refractivity contribution in [1.82, 2.24) is 3.93 Å². The van der Waals surface area contributed by atoms with Crippen molar-refractivity contribution >= 4 is 21.8 Å². The van der Waals surface area contributed by atoms with Crippen LogP contribution in [0.5, 0.6) is 5.75 Å². The minimum atomic E-state index is -3.78. The number of hydrazine groups is 1. The maximum Gasteiger partial charge on any atom is 0.269 e. The summed E-state index contributed by atoms with van der Waals surface area (Å²) in [5.74, 6) is 5.51. The van der Waals surface area contributed by atoms with Gasteiger partial charge in [0.25, 0.3) is 10.0 Å². The maximum atomic E-state index is 11.4. The Morgan fingerprint density at radius 1 is 1.36 bits per heavy atom. The number of rotatable bonds is 3. The Morgan fingerprint density at radius 3 is 2.21 bits per heavy atom. The van der Waals surface area contributed by atoms with Crippen LogP contribution in [0.1, 0.15) is 0 Å². The Kier molecular flexibility index (Phi) is 3.33. The molecular formula is C7H9ClN2O3S. The fourth-order valence-electron chi connectivity index (χ4n) is 0.848. The van der Waals surface area contributed by atoms with Gasteiger partial charge >= 0.3 is 0 Å². The molecule has 0 aliphatic heterocycles. The van der Waals surface area contributed by atoms with Crippen LogP contribution in [0.2, 0.25) is 0 Å². The van der Waals surface area contributed by atoms with Crippen LogP contribution in [0.25, 0.3) is 0 Å². The molecule has 0 saturated carbocycles. The Balaban J connectivity index is 3.10. The fourth-order valence-corrected chi connectivity index (χ4v) is 1.77. The molecule has 0 atom stereocenters. The SMILES string of the molecule is COc1ccc(S(=O)(=O)N(N)Cl)cc1. The zero-order valence-corrected chi connectivity index (χ0v) is 8.92. The van der Waals surface area contributed by atoms with E-state index in [0.29, 0.717) is 5.75 Å². The third-order valence-corrected chi connectivity index (χ3v) is 3.46. The highest BCUT2D eigenvalue weighted by Crippen LogP contribution is 2.18. The smallest absolute Gasteiger partial charge is 0.269 e. The number of hydrogen-bond donors (Lipinski definition) is 1. The number of nitrogens with zero attached hydrogens (tertiary/aromatic N) is 1. The second-order valence-corrected chi connectivity index (χ2v) is 4.80. The normalized spacial score (nSPS) is 11.7. The lowest BCUT2D eigenvalue weighted by atomic mass is 10.3. The van der Waals surface area contributed by atoms with Crippen LogP contribution in [0.3, 0.4) is 0 Å². The van der Waals surface area contributed by atoms with E-state index in [-0.39, 0.29) is 8.83 Å². The number of nitrogens with two attached hydrogens (primary N) is 1. The summed E-state index contributed by atoms with van der Waals surface area (Å²) in [6.45, 7) is 0. The third kappa shape index (κ3) is 2.16. The van der Waals surface area contributed by atoms with Gasteiger partial charge in [0.05, 0.1) is 12.0 Å². The Labute approximate surface area is 87.2 Å². The summed E-state index contributed by atoms with van der Waals surface area (Å²) in [7, 11) is -2.29. The first-order valence-corrected chi connectivity index (χ1v) is 5.36. The van der Waals surface area contributed by atoms with Gasteiger partial charge in [-0.25, -0.2) is 14.3 Å². The van der Waals surface area contributed by atoms with Gasteiger partial charge in [-0.3, -0.25) is 0 Å². The molecule has 0 amide bonds. The molecule has 0 saturated heterocycles. The maximum absolute atomic E-state index is 11.4. The van der Waals surface area contributed by atoms with Crippen molar-refractivity contribution in [1.29, 1.82) is 0 Å². The van der Waals surface area contributed by atoms with Gasteiger partial charge in [-0.2, -0.15) is 0 Å². The monoisotopic (exact) mass is 236 g/mol. The number of sulfonamides is 1. The van der Waals surface area contributed by atoms with E-state index in [1.165, 1.54) is 31.4 Å². The Morgan fingerprint density at radius 2 is 1.86 bits per heavy atom.